The molecule has 1 aromatic carbocycles. The quantitative estimate of drug-likeness (QED) is 0.554. The van der Waals surface area contributed by atoms with Crippen molar-refractivity contribution in [3.8, 4) is 0 Å². The summed E-state index contributed by atoms with van der Waals surface area (Å²) in [5.41, 5.74) is 0.780. The van der Waals surface area contributed by atoms with Crippen molar-refractivity contribution in [2.75, 3.05) is 6.54 Å². The van der Waals surface area contributed by atoms with Crippen molar-refractivity contribution >= 4 is 17.7 Å². The molecule has 0 spiro atoms. The zero-order valence-corrected chi connectivity index (χ0v) is 20.0. The number of hydrogen-bond acceptors (Lipinski definition) is 3. The summed E-state index contributed by atoms with van der Waals surface area (Å²) in [5, 5.41) is 8.97. The third-order valence-electron chi connectivity index (χ3n) is 7.25. The lowest BCUT2D eigenvalue weighted by Crippen LogP contribution is -2.47. The Labute approximate surface area is 193 Å². The first-order chi connectivity index (χ1) is 15.2. The normalized spacial score (nSPS) is 20.2. The Kier molecular flexibility index (Phi) is 9.92. The van der Waals surface area contributed by atoms with Crippen LogP contribution < -0.4 is 0 Å². The van der Waals surface area contributed by atoms with Crippen LogP contribution in [0.2, 0.25) is 0 Å². The van der Waals surface area contributed by atoms with E-state index in [1.54, 1.807) is 13.8 Å². The van der Waals surface area contributed by atoms with E-state index >= 15 is 0 Å². The van der Waals surface area contributed by atoms with E-state index in [0.717, 1.165) is 12.3 Å². The molecule has 1 N–H and O–H groups in total. The summed E-state index contributed by atoms with van der Waals surface area (Å²) in [7, 11) is 0. The molecule has 1 aliphatic carbocycles. The SMILES string of the molecule is CCC(C)(C)C(=O)C(=O)N1CCCC1C(=O)O.[CH2]CC(c1ccccc1)C1CCCCC1. The smallest absolute Gasteiger partial charge is 0.326 e. The monoisotopic (exact) mass is 442 g/mol. The number of benzene rings is 1. The molecule has 1 saturated heterocycles. The van der Waals surface area contributed by atoms with E-state index in [9.17, 15) is 14.4 Å². The molecule has 1 radical (unpaired) electrons. The third-order valence-corrected chi connectivity index (χ3v) is 7.25. The molecule has 2 fully saturated rings. The molecule has 177 valence electrons. The topological polar surface area (TPSA) is 74.7 Å². The Bertz CT molecular complexity index is 752. The van der Waals surface area contributed by atoms with Crippen LogP contribution in [0.1, 0.15) is 90.0 Å². The van der Waals surface area contributed by atoms with Gasteiger partial charge in [-0.25, -0.2) is 4.79 Å². The zero-order chi connectivity index (χ0) is 23.7. The van der Waals surface area contributed by atoms with Crippen LogP contribution in [0.25, 0.3) is 0 Å². The molecule has 0 bridgehead atoms. The van der Waals surface area contributed by atoms with Crippen LogP contribution >= 0.6 is 0 Å². The van der Waals surface area contributed by atoms with Crippen molar-refractivity contribution in [1.29, 1.82) is 0 Å². The fourth-order valence-corrected chi connectivity index (χ4v) is 4.76. The van der Waals surface area contributed by atoms with Gasteiger partial charge in [0.1, 0.15) is 6.04 Å². The van der Waals surface area contributed by atoms with Gasteiger partial charge in [-0.1, -0.05) is 77.3 Å². The first-order valence-electron chi connectivity index (χ1n) is 12.1. The van der Waals surface area contributed by atoms with Crippen LogP contribution in [0.3, 0.4) is 0 Å². The van der Waals surface area contributed by atoms with Gasteiger partial charge in [-0.15, -0.1) is 0 Å². The maximum atomic E-state index is 12.0. The van der Waals surface area contributed by atoms with E-state index in [1.807, 2.05) is 6.92 Å². The van der Waals surface area contributed by atoms with Gasteiger partial charge in [0.25, 0.3) is 5.91 Å². The van der Waals surface area contributed by atoms with Gasteiger partial charge in [0.2, 0.25) is 5.78 Å². The molecule has 1 aromatic rings. The van der Waals surface area contributed by atoms with Crippen molar-refractivity contribution in [2.24, 2.45) is 11.3 Å². The molecule has 2 unspecified atom stereocenters. The van der Waals surface area contributed by atoms with Crippen LogP contribution in [0, 0.1) is 18.3 Å². The lowest BCUT2D eigenvalue weighted by molar-refractivity contribution is -0.154. The van der Waals surface area contributed by atoms with Crippen molar-refractivity contribution in [3.63, 3.8) is 0 Å². The number of rotatable bonds is 7. The molecule has 1 heterocycles. The highest BCUT2D eigenvalue weighted by Gasteiger charge is 2.41. The highest BCUT2D eigenvalue weighted by atomic mass is 16.4. The highest BCUT2D eigenvalue weighted by molar-refractivity contribution is 6.38. The average molecular weight is 443 g/mol. The first-order valence-corrected chi connectivity index (χ1v) is 12.1. The summed E-state index contributed by atoms with van der Waals surface area (Å²) >= 11 is 0. The van der Waals surface area contributed by atoms with Crippen molar-refractivity contribution in [1.82, 2.24) is 4.90 Å². The number of ketones is 1. The second-order valence-electron chi connectivity index (χ2n) is 9.77. The molecule has 1 saturated carbocycles. The molecule has 0 aromatic heterocycles. The largest absolute Gasteiger partial charge is 0.480 e. The highest BCUT2D eigenvalue weighted by Crippen LogP contribution is 2.37. The Morgan fingerprint density at radius 1 is 1.06 bits per heavy atom. The van der Waals surface area contributed by atoms with Crippen LogP contribution in [0.5, 0.6) is 0 Å². The van der Waals surface area contributed by atoms with Gasteiger partial charge >= 0.3 is 5.97 Å². The molecule has 5 nitrogen and oxygen atoms in total. The summed E-state index contributed by atoms with van der Waals surface area (Å²) in [6, 6.07) is 10.1. The van der Waals surface area contributed by atoms with Gasteiger partial charge in [-0.2, -0.15) is 0 Å². The molecule has 2 atom stereocenters. The molecular weight excluding hydrogens is 402 g/mol. The van der Waals surface area contributed by atoms with Crippen molar-refractivity contribution in [3.05, 3.63) is 42.8 Å². The van der Waals surface area contributed by atoms with Crippen molar-refractivity contribution in [2.45, 2.75) is 90.5 Å². The van der Waals surface area contributed by atoms with Crippen LogP contribution in [-0.2, 0) is 14.4 Å². The van der Waals surface area contributed by atoms with E-state index in [1.165, 1.54) is 42.6 Å². The number of carboxylic acids is 1. The van der Waals surface area contributed by atoms with Gasteiger partial charge in [0.15, 0.2) is 0 Å². The molecule has 2 aliphatic rings. The summed E-state index contributed by atoms with van der Waals surface area (Å²) in [6.45, 7) is 9.75. The first kappa shape index (κ1) is 26.1. The number of hydrogen-bond donors (Lipinski definition) is 1. The standard InChI is InChI=1S/C15H21.C12H19NO4/c1-2-15(13-9-5-3-6-10-13)14-11-7-4-8-12-14;1-4-12(2,3)9(14)10(15)13-7-5-6-8(13)11(16)17/h3,5-6,9-10,14-15H,1-2,4,7-8,11-12H2;8H,4-7H2,1-3H3,(H,16,17). The van der Waals surface area contributed by atoms with Gasteiger partial charge < -0.3 is 10.0 Å². The predicted octanol–water partition coefficient (Wildman–Crippen LogP) is 5.64. The Balaban J connectivity index is 0.000000228. The predicted molar refractivity (Wildman–Crippen MR) is 127 cm³/mol. The van der Waals surface area contributed by atoms with E-state index in [4.69, 9.17) is 5.11 Å². The number of carbonyl (C=O) groups is 3. The van der Waals surface area contributed by atoms with Crippen LogP contribution in [0.15, 0.2) is 30.3 Å². The molecule has 3 rings (SSSR count). The fraction of sp³-hybridized carbons (Fsp3) is 0.630. The second-order valence-corrected chi connectivity index (χ2v) is 9.77. The minimum absolute atomic E-state index is 0.362. The summed E-state index contributed by atoms with van der Waals surface area (Å²) in [5.74, 6) is -0.585. The Morgan fingerprint density at radius 2 is 1.69 bits per heavy atom. The van der Waals surface area contributed by atoms with E-state index in [2.05, 4.69) is 37.3 Å². The number of Topliss-reactive ketones (excluding diaryl/α,β-unsaturated/α-hetero) is 1. The maximum Gasteiger partial charge on any atom is 0.326 e. The maximum absolute atomic E-state index is 12.0. The minimum Gasteiger partial charge on any atom is -0.480 e. The number of likely N-dealkylation sites (tertiary alicyclic amines) is 1. The van der Waals surface area contributed by atoms with Crippen LogP contribution in [-0.4, -0.2) is 40.3 Å². The number of aliphatic carboxylic acids is 1. The van der Waals surface area contributed by atoms with Gasteiger partial charge in [-0.05, 0) is 55.9 Å². The minimum atomic E-state index is -1.03. The van der Waals surface area contributed by atoms with Gasteiger partial charge in [0.05, 0.1) is 0 Å². The third kappa shape index (κ3) is 6.66. The summed E-state index contributed by atoms with van der Waals surface area (Å²) in [4.78, 5) is 36.1. The van der Waals surface area contributed by atoms with E-state index in [0.29, 0.717) is 31.7 Å². The van der Waals surface area contributed by atoms with Crippen molar-refractivity contribution < 1.29 is 19.5 Å². The molecule has 1 amide bonds. The lowest BCUT2D eigenvalue weighted by Gasteiger charge is -2.29. The number of nitrogens with zero attached hydrogens (tertiary/aromatic N) is 1. The molecular formula is C27H40NO4. The Hall–Kier alpha value is -2.17. The summed E-state index contributed by atoms with van der Waals surface area (Å²) in [6.07, 6.45) is 9.79. The van der Waals surface area contributed by atoms with E-state index < -0.39 is 29.1 Å². The Morgan fingerprint density at radius 3 is 2.22 bits per heavy atom. The molecule has 5 heteroatoms. The van der Waals surface area contributed by atoms with Gasteiger partial charge in [0, 0.05) is 12.0 Å². The molecule has 1 aliphatic heterocycles. The van der Waals surface area contributed by atoms with Gasteiger partial charge in [-0.3, -0.25) is 9.59 Å². The van der Waals surface area contributed by atoms with Crippen LogP contribution in [0.4, 0.5) is 0 Å². The zero-order valence-electron chi connectivity index (χ0n) is 20.0. The number of amides is 1. The average Bonchev–Trinajstić information content (AvgIpc) is 3.31. The number of carbonyl (C=O) groups excluding carboxylic acids is 2. The number of carboxylic acid groups (broad SMARTS) is 1. The summed E-state index contributed by atoms with van der Waals surface area (Å²) < 4.78 is 0. The lowest BCUT2D eigenvalue weighted by atomic mass is 9.76. The second kappa shape index (κ2) is 12.2. The van der Waals surface area contributed by atoms with E-state index in [-0.39, 0.29) is 0 Å². The fourth-order valence-electron chi connectivity index (χ4n) is 4.76. The molecule has 32 heavy (non-hydrogen) atoms.